The first-order chi connectivity index (χ1) is 6.74. The fraction of sp³-hybridized carbons (Fsp3) is 0.0769. The van der Waals surface area contributed by atoms with Crippen LogP contribution < -0.4 is 0 Å². The number of benzene rings is 1. The molecule has 0 aromatic heterocycles. The lowest BCUT2D eigenvalue weighted by molar-refractivity contribution is 1.07. The number of nitrogens with zero attached hydrogens (tertiary/aromatic N) is 1. The molecule has 0 saturated heterocycles. The predicted molar refractivity (Wildman–Crippen MR) is 59.5 cm³/mol. The van der Waals surface area contributed by atoms with E-state index < -0.39 is 0 Å². The van der Waals surface area contributed by atoms with Crippen molar-refractivity contribution in [2.45, 2.75) is 5.92 Å². The molecule has 0 aliphatic carbocycles. The van der Waals surface area contributed by atoms with Crippen LogP contribution in [0.1, 0.15) is 22.6 Å². The highest BCUT2D eigenvalue weighted by Crippen LogP contribution is 2.23. The van der Waals surface area contributed by atoms with Gasteiger partial charge in [0.1, 0.15) is 6.07 Å². The predicted octanol–water partition coefficient (Wildman–Crippen LogP) is 3.30. The fourth-order valence-electron chi connectivity index (χ4n) is 1.32. The lowest BCUT2D eigenvalue weighted by atomic mass is 9.93. The Hall–Kier alpha value is -1.81. The maximum atomic E-state index is 9.01. The van der Waals surface area contributed by atoms with E-state index in [2.05, 4.69) is 26.2 Å². The van der Waals surface area contributed by atoms with Gasteiger partial charge in [0.25, 0.3) is 0 Å². The van der Waals surface area contributed by atoms with Crippen molar-refractivity contribution in [3.63, 3.8) is 0 Å². The lowest BCUT2D eigenvalue weighted by Crippen LogP contribution is -1.96. The zero-order valence-electron chi connectivity index (χ0n) is 8.03. The van der Waals surface area contributed by atoms with E-state index in [-0.39, 0.29) is 5.92 Å². The van der Waals surface area contributed by atoms with Crippen LogP contribution in [0.25, 0.3) is 6.08 Å². The molecule has 1 rings (SSSR count). The van der Waals surface area contributed by atoms with Gasteiger partial charge in [-0.05, 0) is 18.1 Å². The van der Waals surface area contributed by atoms with Crippen LogP contribution in [-0.4, -0.2) is 0 Å². The van der Waals surface area contributed by atoms with Gasteiger partial charge in [-0.3, -0.25) is 0 Å². The number of allylic oxidation sites excluding steroid dienone is 1. The number of hydrogen-bond acceptors (Lipinski definition) is 1. The molecule has 14 heavy (non-hydrogen) atoms. The minimum Gasteiger partial charge on any atom is -0.192 e. The highest BCUT2D eigenvalue weighted by Gasteiger charge is 2.09. The third-order valence-corrected chi connectivity index (χ3v) is 2.14. The van der Waals surface area contributed by atoms with Gasteiger partial charge in [-0.1, -0.05) is 36.9 Å². The summed E-state index contributed by atoms with van der Waals surface area (Å²) in [6.45, 7) is 11.2. The lowest BCUT2D eigenvalue weighted by Gasteiger charge is -2.10. The van der Waals surface area contributed by atoms with Crippen LogP contribution in [0.2, 0.25) is 0 Å². The molecule has 0 heterocycles. The topological polar surface area (TPSA) is 23.8 Å². The molecule has 0 fully saturated rings. The maximum absolute atomic E-state index is 9.01. The summed E-state index contributed by atoms with van der Waals surface area (Å²) in [4.78, 5) is 0. The standard InChI is InChI=1S/C13H12N/c1-4-10(3)12-8-6-7-11(5-2)13(12)9-14/h4-8,10H,1-3H2. The molecule has 0 amide bonds. The third-order valence-electron chi connectivity index (χ3n) is 2.14. The van der Waals surface area contributed by atoms with Crippen molar-refractivity contribution in [2.24, 2.45) is 0 Å². The van der Waals surface area contributed by atoms with Gasteiger partial charge in [0.2, 0.25) is 0 Å². The molecule has 69 valence electrons. The highest BCUT2D eigenvalue weighted by molar-refractivity contribution is 5.60. The van der Waals surface area contributed by atoms with E-state index in [1.54, 1.807) is 12.2 Å². The van der Waals surface area contributed by atoms with Crippen molar-refractivity contribution in [3.8, 4) is 6.07 Å². The summed E-state index contributed by atoms with van der Waals surface area (Å²) in [6.07, 6.45) is 3.40. The molecule has 0 spiro atoms. The monoisotopic (exact) mass is 182 g/mol. The first-order valence-corrected chi connectivity index (χ1v) is 4.35. The van der Waals surface area contributed by atoms with Crippen LogP contribution in [0.15, 0.2) is 37.4 Å². The minimum absolute atomic E-state index is 0.0513. The van der Waals surface area contributed by atoms with E-state index in [1.165, 1.54) is 0 Å². The molecule has 0 bridgehead atoms. The van der Waals surface area contributed by atoms with Gasteiger partial charge in [0, 0.05) is 5.92 Å². The van der Waals surface area contributed by atoms with Gasteiger partial charge in [-0.15, -0.1) is 6.58 Å². The quantitative estimate of drug-likeness (QED) is 0.658. The molecule has 1 aromatic rings. The minimum atomic E-state index is -0.0513. The Kier molecular flexibility index (Phi) is 3.25. The van der Waals surface area contributed by atoms with Crippen molar-refractivity contribution < 1.29 is 0 Å². The van der Waals surface area contributed by atoms with Crippen molar-refractivity contribution in [1.29, 1.82) is 5.26 Å². The molecule has 0 N–H and O–H groups in total. The largest absolute Gasteiger partial charge is 0.192 e. The van der Waals surface area contributed by atoms with Gasteiger partial charge in [-0.2, -0.15) is 5.26 Å². The third kappa shape index (κ3) is 1.75. The molecule has 1 radical (unpaired) electrons. The molecule has 1 atom stereocenters. The van der Waals surface area contributed by atoms with Crippen LogP contribution in [-0.2, 0) is 0 Å². The second-order valence-corrected chi connectivity index (χ2v) is 2.97. The molecular weight excluding hydrogens is 170 g/mol. The van der Waals surface area contributed by atoms with Crippen LogP contribution in [0.5, 0.6) is 0 Å². The SMILES string of the molecule is [CH2]C(C=C)c1cccc(C=C)c1C#N. The van der Waals surface area contributed by atoms with E-state index in [0.29, 0.717) is 5.56 Å². The van der Waals surface area contributed by atoms with E-state index in [9.17, 15) is 0 Å². The Morgan fingerprint density at radius 3 is 2.57 bits per heavy atom. The van der Waals surface area contributed by atoms with Crippen molar-refractivity contribution in [2.75, 3.05) is 0 Å². The summed E-state index contributed by atoms with van der Waals surface area (Å²) in [6, 6.07) is 7.83. The zero-order valence-corrected chi connectivity index (χ0v) is 8.03. The number of rotatable bonds is 3. The van der Waals surface area contributed by atoms with Crippen LogP contribution in [0, 0.1) is 18.3 Å². The van der Waals surface area contributed by atoms with Gasteiger partial charge < -0.3 is 0 Å². The fourth-order valence-corrected chi connectivity index (χ4v) is 1.32. The molecule has 1 nitrogen and oxygen atoms in total. The molecule has 0 aliphatic rings. The summed E-state index contributed by atoms with van der Waals surface area (Å²) in [5.41, 5.74) is 2.39. The van der Waals surface area contributed by atoms with E-state index >= 15 is 0 Å². The Balaban J connectivity index is 3.37. The van der Waals surface area contributed by atoms with Gasteiger partial charge >= 0.3 is 0 Å². The van der Waals surface area contributed by atoms with Crippen molar-refractivity contribution >= 4 is 6.08 Å². The summed E-state index contributed by atoms with van der Waals surface area (Å²) in [5.74, 6) is -0.0513. The van der Waals surface area contributed by atoms with Crippen molar-refractivity contribution in [1.82, 2.24) is 0 Å². The molecule has 1 heteroatoms. The van der Waals surface area contributed by atoms with Crippen LogP contribution >= 0.6 is 0 Å². The Bertz CT molecular complexity index is 396. The summed E-state index contributed by atoms with van der Waals surface area (Å²) in [7, 11) is 0. The maximum Gasteiger partial charge on any atom is 0.100 e. The molecule has 1 unspecified atom stereocenters. The first-order valence-electron chi connectivity index (χ1n) is 4.35. The molecule has 0 aliphatic heterocycles. The van der Waals surface area contributed by atoms with Gasteiger partial charge in [0.15, 0.2) is 0 Å². The number of nitriles is 1. The molecule has 1 aromatic carbocycles. The van der Waals surface area contributed by atoms with Crippen LogP contribution in [0.4, 0.5) is 0 Å². The second-order valence-electron chi connectivity index (χ2n) is 2.97. The van der Waals surface area contributed by atoms with Crippen LogP contribution in [0.3, 0.4) is 0 Å². The van der Waals surface area contributed by atoms with Gasteiger partial charge in [0.05, 0.1) is 5.56 Å². The van der Waals surface area contributed by atoms with E-state index in [1.807, 2.05) is 18.2 Å². The summed E-state index contributed by atoms with van der Waals surface area (Å²) in [5, 5.41) is 9.01. The van der Waals surface area contributed by atoms with E-state index in [4.69, 9.17) is 5.26 Å². The molecule has 0 saturated carbocycles. The normalized spacial score (nSPS) is 11.4. The summed E-state index contributed by atoms with van der Waals surface area (Å²) < 4.78 is 0. The highest BCUT2D eigenvalue weighted by atomic mass is 14.3. The average molecular weight is 182 g/mol. The average Bonchev–Trinajstić information content (AvgIpc) is 2.26. The smallest absolute Gasteiger partial charge is 0.100 e. The second kappa shape index (κ2) is 4.43. The van der Waals surface area contributed by atoms with Crippen molar-refractivity contribution in [3.05, 3.63) is 61.0 Å². The number of hydrogen-bond donors (Lipinski definition) is 0. The van der Waals surface area contributed by atoms with E-state index in [0.717, 1.165) is 11.1 Å². The Morgan fingerprint density at radius 1 is 1.36 bits per heavy atom. The van der Waals surface area contributed by atoms with Gasteiger partial charge in [-0.25, -0.2) is 0 Å². The zero-order chi connectivity index (χ0) is 10.6. The Labute approximate surface area is 85.0 Å². The molecular formula is C13H12N. The Morgan fingerprint density at radius 2 is 2.07 bits per heavy atom. The first kappa shape index (κ1) is 10.3. The summed E-state index contributed by atoms with van der Waals surface area (Å²) >= 11 is 0.